The highest BCUT2D eigenvalue weighted by Gasteiger charge is 2.20. The van der Waals surface area contributed by atoms with Crippen LogP contribution >= 0.6 is 38.9 Å². The molecule has 5 nitrogen and oxygen atoms in total. The van der Waals surface area contributed by atoms with Crippen LogP contribution in [0, 0.1) is 5.82 Å². The molecule has 2 aromatic heterocycles. The normalized spacial score (nSPS) is 12.2. The van der Waals surface area contributed by atoms with Crippen molar-refractivity contribution < 1.29 is 9.18 Å². The summed E-state index contributed by atoms with van der Waals surface area (Å²) in [5.74, 6) is -0.543. The van der Waals surface area contributed by atoms with Gasteiger partial charge < -0.3 is 11.1 Å². The lowest BCUT2D eigenvalue weighted by Gasteiger charge is -2.16. The van der Waals surface area contributed by atoms with Gasteiger partial charge in [-0.1, -0.05) is 23.7 Å². The van der Waals surface area contributed by atoms with Crippen LogP contribution in [0.1, 0.15) is 15.2 Å². The Labute approximate surface area is 173 Å². The maximum absolute atomic E-state index is 13.0. The van der Waals surface area contributed by atoms with E-state index in [1.54, 1.807) is 36.1 Å². The third-order valence-electron chi connectivity index (χ3n) is 4.07. The Balaban J connectivity index is 1.75. The molecule has 0 aliphatic heterocycles. The molecule has 27 heavy (non-hydrogen) atoms. The molecule has 9 heteroatoms. The number of aromatic nitrogens is 2. The van der Waals surface area contributed by atoms with Crippen LogP contribution in [0.15, 0.2) is 41.0 Å². The van der Waals surface area contributed by atoms with Crippen LogP contribution < -0.4 is 11.1 Å². The lowest BCUT2D eigenvalue weighted by Crippen LogP contribution is -2.41. The summed E-state index contributed by atoms with van der Waals surface area (Å²) in [5.41, 5.74) is 8.24. The first-order valence-corrected chi connectivity index (χ1v) is 10.1. The standard InChI is InChI=1S/C18H17BrClFN4OS/c1-25-16(14(19)9-23-25)13-7-15(27-17(13)20)18(26)24-12(8-22)6-10-2-4-11(21)5-3-10/h2-5,7,9,12H,6,8,22H2,1H3,(H,24,26)/t12-/m0/s1. The van der Waals surface area contributed by atoms with Gasteiger partial charge in [0.25, 0.3) is 5.91 Å². The van der Waals surface area contributed by atoms with Gasteiger partial charge in [0.05, 0.1) is 21.2 Å². The van der Waals surface area contributed by atoms with Crippen molar-refractivity contribution in [2.24, 2.45) is 12.8 Å². The van der Waals surface area contributed by atoms with Crippen molar-refractivity contribution in [2.45, 2.75) is 12.5 Å². The molecule has 0 saturated heterocycles. The molecule has 0 radical (unpaired) electrons. The maximum atomic E-state index is 13.0. The van der Waals surface area contributed by atoms with Crippen molar-refractivity contribution in [2.75, 3.05) is 6.54 Å². The minimum absolute atomic E-state index is 0.246. The monoisotopic (exact) mass is 470 g/mol. The number of hydrogen-bond donors (Lipinski definition) is 2. The first-order valence-electron chi connectivity index (χ1n) is 8.11. The second kappa shape index (κ2) is 8.52. The van der Waals surface area contributed by atoms with Crippen molar-refractivity contribution in [3.05, 3.63) is 61.6 Å². The van der Waals surface area contributed by atoms with E-state index in [2.05, 4.69) is 26.3 Å². The van der Waals surface area contributed by atoms with Crippen molar-refractivity contribution in [3.8, 4) is 11.3 Å². The summed E-state index contributed by atoms with van der Waals surface area (Å²) >= 11 is 11.0. The van der Waals surface area contributed by atoms with Crippen LogP contribution in [0.25, 0.3) is 11.3 Å². The average molecular weight is 472 g/mol. The number of thiophene rings is 1. The number of rotatable bonds is 6. The van der Waals surface area contributed by atoms with Crippen LogP contribution in [0.4, 0.5) is 4.39 Å². The first-order chi connectivity index (χ1) is 12.9. The highest BCUT2D eigenvalue weighted by molar-refractivity contribution is 9.10. The molecule has 0 bridgehead atoms. The van der Waals surface area contributed by atoms with Crippen molar-refractivity contribution in [3.63, 3.8) is 0 Å². The number of amides is 1. The first kappa shape index (κ1) is 20.0. The van der Waals surface area contributed by atoms with E-state index in [1.807, 2.05) is 0 Å². The van der Waals surface area contributed by atoms with Crippen molar-refractivity contribution in [1.82, 2.24) is 15.1 Å². The molecule has 3 aromatic rings. The molecule has 1 aromatic carbocycles. The molecule has 0 aliphatic rings. The summed E-state index contributed by atoms with van der Waals surface area (Å²) in [7, 11) is 1.81. The Hall–Kier alpha value is -1.74. The second-order valence-corrected chi connectivity index (χ2v) is 8.51. The largest absolute Gasteiger partial charge is 0.347 e. The number of aryl methyl sites for hydroxylation is 1. The van der Waals surface area contributed by atoms with E-state index in [0.29, 0.717) is 15.6 Å². The number of hydrogen-bond acceptors (Lipinski definition) is 4. The number of nitrogens with two attached hydrogens (primary N) is 1. The van der Waals surface area contributed by atoms with Crippen molar-refractivity contribution >= 4 is 44.8 Å². The van der Waals surface area contributed by atoms with E-state index in [1.165, 1.54) is 23.5 Å². The number of nitrogens with one attached hydrogen (secondary N) is 1. The van der Waals surface area contributed by atoms with Gasteiger partial charge in [-0.15, -0.1) is 11.3 Å². The lowest BCUT2D eigenvalue weighted by molar-refractivity contribution is 0.0942. The van der Waals surface area contributed by atoms with Crippen LogP contribution in [0.5, 0.6) is 0 Å². The molecule has 1 atom stereocenters. The fraction of sp³-hybridized carbons (Fsp3) is 0.222. The Kier molecular flexibility index (Phi) is 6.31. The highest BCUT2D eigenvalue weighted by atomic mass is 79.9. The number of carbonyl (C=O) groups is 1. The molecular formula is C18H17BrClFN4OS. The molecule has 3 rings (SSSR count). The van der Waals surface area contributed by atoms with Gasteiger partial charge in [-0.2, -0.15) is 5.10 Å². The molecule has 1 amide bonds. The van der Waals surface area contributed by atoms with E-state index < -0.39 is 0 Å². The van der Waals surface area contributed by atoms with Gasteiger partial charge in [-0.25, -0.2) is 4.39 Å². The van der Waals surface area contributed by atoms with Gasteiger partial charge in [0, 0.05) is 25.2 Å². The van der Waals surface area contributed by atoms with Gasteiger partial charge in [0.2, 0.25) is 0 Å². The Morgan fingerprint density at radius 2 is 2.15 bits per heavy atom. The lowest BCUT2D eigenvalue weighted by atomic mass is 10.1. The van der Waals surface area contributed by atoms with Crippen LogP contribution in [-0.4, -0.2) is 28.3 Å². The molecule has 0 saturated carbocycles. The summed E-state index contributed by atoms with van der Waals surface area (Å²) < 4.78 is 16.0. The minimum atomic E-state index is -0.297. The fourth-order valence-electron chi connectivity index (χ4n) is 2.71. The number of carbonyl (C=O) groups excluding carboxylic acids is 1. The number of halogens is 3. The van der Waals surface area contributed by atoms with Crippen molar-refractivity contribution in [1.29, 1.82) is 0 Å². The maximum Gasteiger partial charge on any atom is 0.261 e. The van der Waals surface area contributed by atoms with E-state index in [4.69, 9.17) is 17.3 Å². The molecule has 3 N–H and O–H groups in total. The van der Waals surface area contributed by atoms with Crippen LogP contribution in [0.2, 0.25) is 4.34 Å². The predicted octanol–water partition coefficient (Wildman–Crippen LogP) is 4.00. The smallest absolute Gasteiger partial charge is 0.261 e. The molecule has 0 aliphatic carbocycles. The van der Waals surface area contributed by atoms with Crippen LogP contribution in [0.3, 0.4) is 0 Å². The van der Waals surface area contributed by atoms with Gasteiger partial charge in [0.15, 0.2) is 0 Å². The third-order valence-corrected chi connectivity index (χ3v) is 6.01. The minimum Gasteiger partial charge on any atom is -0.347 e. The second-order valence-electron chi connectivity index (χ2n) is 6.00. The Bertz CT molecular complexity index is 937. The molecular weight excluding hydrogens is 455 g/mol. The van der Waals surface area contributed by atoms with Crippen LogP contribution in [-0.2, 0) is 13.5 Å². The molecule has 0 fully saturated rings. The number of benzene rings is 1. The summed E-state index contributed by atoms with van der Waals surface area (Å²) in [5, 5.41) is 7.10. The third kappa shape index (κ3) is 4.57. The molecule has 142 valence electrons. The van der Waals surface area contributed by atoms with E-state index in [9.17, 15) is 9.18 Å². The molecule has 0 unspecified atom stereocenters. The number of nitrogens with zero attached hydrogens (tertiary/aromatic N) is 2. The van der Waals surface area contributed by atoms with Gasteiger partial charge in [-0.3, -0.25) is 9.48 Å². The molecule has 0 spiro atoms. The molecule has 2 heterocycles. The fourth-order valence-corrected chi connectivity index (χ4v) is 4.45. The van der Waals surface area contributed by atoms with Gasteiger partial charge in [0.1, 0.15) is 10.2 Å². The zero-order valence-electron chi connectivity index (χ0n) is 14.4. The average Bonchev–Trinajstić information content (AvgIpc) is 3.18. The summed E-state index contributed by atoms with van der Waals surface area (Å²) in [4.78, 5) is 13.1. The topological polar surface area (TPSA) is 72.9 Å². The summed E-state index contributed by atoms with van der Waals surface area (Å²) in [6, 6.07) is 7.63. The zero-order chi connectivity index (χ0) is 19.6. The van der Waals surface area contributed by atoms with E-state index >= 15 is 0 Å². The van der Waals surface area contributed by atoms with Gasteiger partial charge >= 0.3 is 0 Å². The highest BCUT2D eigenvalue weighted by Crippen LogP contribution is 2.38. The quantitative estimate of drug-likeness (QED) is 0.571. The Morgan fingerprint density at radius 1 is 1.44 bits per heavy atom. The Morgan fingerprint density at radius 3 is 2.74 bits per heavy atom. The van der Waals surface area contributed by atoms with E-state index in [-0.39, 0.29) is 24.3 Å². The van der Waals surface area contributed by atoms with Gasteiger partial charge in [-0.05, 0) is 46.1 Å². The SMILES string of the molecule is Cn1ncc(Br)c1-c1cc(C(=O)N[C@H](CN)Cc2ccc(F)cc2)sc1Cl. The zero-order valence-corrected chi connectivity index (χ0v) is 17.5. The summed E-state index contributed by atoms with van der Waals surface area (Å²) in [6.45, 7) is 0.266. The predicted molar refractivity (Wildman–Crippen MR) is 110 cm³/mol. The summed E-state index contributed by atoms with van der Waals surface area (Å²) in [6.07, 6.45) is 2.19. The van der Waals surface area contributed by atoms with E-state index in [0.717, 1.165) is 21.3 Å².